The largest absolute Gasteiger partial charge is 0.172 e. The van der Waals surface area contributed by atoms with Crippen LogP contribution in [0.25, 0.3) is 31.9 Å². The maximum absolute atomic E-state index is 4.82. The highest BCUT2D eigenvalue weighted by atomic mass is 32.1. The molecule has 0 aliphatic rings. The van der Waals surface area contributed by atoms with E-state index >= 15 is 0 Å². The molecule has 3 heterocycles. The molecule has 0 aliphatic carbocycles. The lowest BCUT2D eigenvalue weighted by atomic mass is 9.97. The number of aromatic nitrogens is 2. The summed E-state index contributed by atoms with van der Waals surface area (Å²) in [6.45, 7) is 13.8. The Morgan fingerprint density at radius 2 is 1.03 bits per heavy atom. The predicted molar refractivity (Wildman–Crippen MR) is 159 cm³/mol. The average Bonchev–Trinajstić information content (AvgIpc) is 3.52. The zero-order valence-electron chi connectivity index (χ0n) is 22.3. The second kappa shape index (κ2) is 12.1. The summed E-state index contributed by atoms with van der Waals surface area (Å²) in [4.78, 5) is 5.69. The molecule has 0 aliphatic heterocycles. The molecule has 5 heteroatoms. The standard InChI is InChI=1S/C30H40N2S3/c1-7-9-11-13-15-23-19(3)29(33-21(23)5)25-17-18-26(28-27(25)31-35-32-28)30-20(4)24(22(6)34-30)16-14-12-10-8-2/h17-18H,7-16H2,1-6H3. The minimum absolute atomic E-state index is 1.07. The van der Waals surface area contributed by atoms with Gasteiger partial charge in [0, 0.05) is 30.6 Å². The summed E-state index contributed by atoms with van der Waals surface area (Å²) in [6, 6.07) is 4.63. The Kier molecular flexibility index (Phi) is 9.18. The number of benzene rings is 1. The summed E-state index contributed by atoms with van der Waals surface area (Å²) in [7, 11) is 0. The SMILES string of the molecule is CCCCCCc1c(C)sc(-c2ccc(-c3sc(C)c(CCCCCC)c3C)c3nsnc23)c1C. The molecule has 1 aromatic carbocycles. The molecule has 0 spiro atoms. The van der Waals surface area contributed by atoms with Gasteiger partial charge in [-0.2, -0.15) is 8.75 Å². The maximum atomic E-state index is 4.82. The number of fused-ring (bicyclic) bond motifs is 1. The minimum atomic E-state index is 1.07. The molecule has 35 heavy (non-hydrogen) atoms. The Morgan fingerprint density at radius 3 is 1.43 bits per heavy atom. The van der Waals surface area contributed by atoms with Crippen LogP contribution < -0.4 is 0 Å². The van der Waals surface area contributed by atoms with Gasteiger partial charge in [0.15, 0.2) is 0 Å². The minimum Gasteiger partial charge on any atom is -0.172 e. The van der Waals surface area contributed by atoms with Crippen molar-refractivity contribution in [3.8, 4) is 20.9 Å². The van der Waals surface area contributed by atoms with E-state index in [9.17, 15) is 0 Å². The van der Waals surface area contributed by atoms with E-state index in [1.54, 1.807) is 11.1 Å². The molecule has 3 aromatic heterocycles. The summed E-state index contributed by atoms with van der Waals surface area (Å²) in [6.07, 6.45) is 12.9. The molecule has 188 valence electrons. The summed E-state index contributed by atoms with van der Waals surface area (Å²) < 4.78 is 9.64. The topological polar surface area (TPSA) is 25.8 Å². The highest BCUT2D eigenvalue weighted by Gasteiger charge is 2.21. The molecule has 0 radical (unpaired) electrons. The predicted octanol–water partition coefficient (Wildman–Crippen LogP) is 10.6. The van der Waals surface area contributed by atoms with Crippen LogP contribution in [0, 0.1) is 27.7 Å². The van der Waals surface area contributed by atoms with Gasteiger partial charge in [0.05, 0.1) is 11.7 Å². The first kappa shape index (κ1) is 26.5. The van der Waals surface area contributed by atoms with Gasteiger partial charge in [-0.3, -0.25) is 0 Å². The molecule has 0 unspecified atom stereocenters. The van der Waals surface area contributed by atoms with Gasteiger partial charge in [-0.15, -0.1) is 22.7 Å². The van der Waals surface area contributed by atoms with Crippen molar-refractivity contribution in [2.24, 2.45) is 0 Å². The van der Waals surface area contributed by atoms with Crippen LogP contribution in [0.15, 0.2) is 12.1 Å². The fourth-order valence-electron chi connectivity index (χ4n) is 5.32. The van der Waals surface area contributed by atoms with E-state index in [0.29, 0.717) is 0 Å². The van der Waals surface area contributed by atoms with Gasteiger partial charge >= 0.3 is 0 Å². The third kappa shape index (κ3) is 5.57. The van der Waals surface area contributed by atoms with Gasteiger partial charge in [0.2, 0.25) is 0 Å². The molecule has 0 fully saturated rings. The molecule has 2 nitrogen and oxygen atoms in total. The lowest BCUT2D eigenvalue weighted by molar-refractivity contribution is 0.665. The highest BCUT2D eigenvalue weighted by molar-refractivity contribution is 7.16. The van der Waals surface area contributed by atoms with Crippen LogP contribution in [-0.4, -0.2) is 8.75 Å². The second-order valence-corrected chi connectivity index (χ2v) is 12.9. The van der Waals surface area contributed by atoms with Crippen LogP contribution in [0.2, 0.25) is 0 Å². The highest BCUT2D eigenvalue weighted by Crippen LogP contribution is 2.44. The maximum Gasteiger partial charge on any atom is 0.114 e. The van der Waals surface area contributed by atoms with E-state index in [1.165, 1.54) is 118 Å². The number of aryl methyl sites for hydroxylation is 2. The van der Waals surface area contributed by atoms with Crippen LogP contribution in [0.5, 0.6) is 0 Å². The summed E-state index contributed by atoms with van der Waals surface area (Å²) in [5.74, 6) is 0. The Labute approximate surface area is 224 Å². The fraction of sp³-hybridized carbons (Fsp3) is 0.533. The van der Waals surface area contributed by atoms with Crippen molar-refractivity contribution in [2.45, 2.75) is 106 Å². The van der Waals surface area contributed by atoms with E-state index in [4.69, 9.17) is 8.75 Å². The Balaban J connectivity index is 1.67. The Hall–Kier alpha value is -1.56. The number of hydrogen-bond donors (Lipinski definition) is 0. The van der Waals surface area contributed by atoms with Gasteiger partial charge in [-0.1, -0.05) is 64.5 Å². The van der Waals surface area contributed by atoms with Crippen molar-refractivity contribution in [1.82, 2.24) is 8.75 Å². The van der Waals surface area contributed by atoms with Crippen LogP contribution in [0.1, 0.15) is 97.2 Å². The quantitative estimate of drug-likeness (QED) is 0.172. The molecule has 0 atom stereocenters. The first-order valence-corrected chi connectivity index (χ1v) is 15.8. The lowest BCUT2D eigenvalue weighted by Gasteiger charge is -2.08. The van der Waals surface area contributed by atoms with Crippen molar-refractivity contribution in [2.75, 3.05) is 0 Å². The monoisotopic (exact) mass is 524 g/mol. The molecule has 0 N–H and O–H groups in total. The van der Waals surface area contributed by atoms with E-state index in [1.807, 2.05) is 22.7 Å². The van der Waals surface area contributed by atoms with Crippen molar-refractivity contribution in [1.29, 1.82) is 0 Å². The molecule has 0 amide bonds. The smallest absolute Gasteiger partial charge is 0.114 e. The number of hydrogen-bond acceptors (Lipinski definition) is 5. The van der Waals surface area contributed by atoms with Gasteiger partial charge < -0.3 is 0 Å². The number of nitrogens with zero attached hydrogens (tertiary/aromatic N) is 2. The third-order valence-electron chi connectivity index (χ3n) is 7.41. The van der Waals surface area contributed by atoms with E-state index in [2.05, 4.69) is 53.7 Å². The van der Waals surface area contributed by atoms with E-state index in [0.717, 1.165) is 11.0 Å². The van der Waals surface area contributed by atoms with E-state index < -0.39 is 0 Å². The lowest BCUT2D eigenvalue weighted by Crippen LogP contribution is -1.91. The molecule has 0 saturated heterocycles. The van der Waals surface area contributed by atoms with Crippen molar-refractivity contribution >= 4 is 45.4 Å². The van der Waals surface area contributed by atoms with Crippen LogP contribution in [-0.2, 0) is 12.8 Å². The number of thiophene rings is 2. The van der Waals surface area contributed by atoms with Crippen molar-refractivity contribution in [3.05, 3.63) is 44.1 Å². The Bertz CT molecular complexity index is 1180. The van der Waals surface area contributed by atoms with Crippen LogP contribution >= 0.6 is 34.4 Å². The molecule has 0 bridgehead atoms. The fourth-order valence-corrected chi connectivity index (χ4v) is 8.36. The third-order valence-corrected chi connectivity index (χ3v) is 10.5. The normalized spacial score (nSPS) is 11.7. The second-order valence-electron chi connectivity index (χ2n) is 9.93. The zero-order chi connectivity index (χ0) is 24.9. The average molecular weight is 525 g/mol. The summed E-state index contributed by atoms with van der Waals surface area (Å²) in [5.41, 5.74) is 10.7. The van der Waals surface area contributed by atoms with Gasteiger partial charge in [-0.25, -0.2) is 0 Å². The molecular weight excluding hydrogens is 485 g/mol. The Morgan fingerprint density at radius 1 is 0.600 bits per heavy atom. The summed E-state index contributed by atoms with van der Waals surface area (Å²) >= 11 is 5.23. The summed E-state index contributed by atoms with van der Waals surface area (Å²) in [5, 5.41) is 0. The van der Waals surface area contributed by atoms with Crippen LogP contribution in [0.3, 0.4) is 0 Å². The first-order chi connectivity index (χ1) is 17.0. The van der Waals surface area contributed by atoms with Crippen molar-refractivity contribution < 1.29 is 0 Å². The molecular formula is C30H40N2S3. The molecule has 4 rings (SSSR count). The van der Waals surface area contributed by atoms with Crippen molar-refractivity contribution in [3.63, 3.8) is 0 Å². The molecule has 4 aromatic rings. The first-order valence-electron chi connectivity index (χ1n) is 13.4. The van der Waals surface area contributed by atoms with Gasteiger partial charge in [0.1, 0.15) is 11.0 Å². The van der Waals surface area contributed by atoms with Crippen LogP contribution in [0.4, 0.5) is 0 Å². The number of unbranched alkanes of at least 4 members (excludes halogenated alkanes) is 6. The number of rotatable bonds is 12. The van der Waals surface area contributed by atoms with Gasteiger partial charge in [0.25, 0.3) is 0 Å². The zero-order valence-corrected chi connectivity index (χ0v) is 24.8. The molecule has 0 saturated carbocycles. The van der Waals surface area contributed by atoms with Gasteiger partial charge in [-0.05, 0) is 75.6 Å². The van der Waals surface area contributed by atoms with E-state index in [-0.39, 0.29) is 0 Å².